The summed E-state index contributed by atoms with van der Waals surface area (Å²) >= 11 is 1.68. The van der Waals surface area contributed by atoms with Crippen LogP contribution in [0.5, 0.6) is 0 Å². The summed E-state index contributed by atoms with van der Waals surface area (Å²) in [5.41, 5.74) is 2.74. The molecule has 1 aromatic heterocycles. The zero-order valence-electron chi connectivity index (χ0n) is 9.70. The predicted molar refractivity (Wildman–Crippen MR) is 68.4 cm³/mol. The summed E-state index contributed by atoms with van der Waals surface area (Å²) in [6.45, 7) is 6.04. The van der Waals surface area contributed by atoms with Gasteiger partial charge in [-0.1, -0.05) is 23.8 Å². The zero-order chi connectivity index (χ0) is 11.7. The monoisotopic (exact) mass is 230 g/mol. The first-order valence-corrected chi connectivity index (χ1v) is 6.08. The fourth-order valence-corrected chi connectivity index (χ4v) is 2.72. The number of hydrogen-bond donors (Lipinski definition) is 0. The van der Waals surface area contributed by atoms with Crippen LogP contribution >= 0.6 is 11.3 Å². The number of hydrogen-bond acceptors (Lipinski definition) is 2. The van der Waals surface area contributed by atoms with Gasteiger partial charge in [0.1, 0.15) is 0 Å². The van der Waals surface area contributed by atoms with Gasteiger partial charge in [-0.15, -0.1) is 11.3 Å². The second kappa shape index (κ2) is 4.22. The summed E-state index contributed by atoms with van der Waals surface area (Å²) in [5.74, 6) is 0.130. The maximum Gasteiger partial charge on any atom is 0.194 e. The molecule has 1 nitrogen and oxygen atoms in total. The highest BCUT2D eigenvalue weighted by atomic mass is 32.1. The Hall–Kier alpha value is -1.41. The van der Waals surface area contributed by atoms with Gasteiger partial charge in [0, 0.05) is 20.9 Å². The maximum atomic E-state index is 12.2. The summed E-state index contributed by atoms with van der Waals surface area (Å²) in [6.07, 6.45) is 0. The van der Waals surface area contributed by atoms with Gasteiger partial charge in [-0.25, -0.2) is 0 Å². The van der Waals surface area contributed by atoms with Gasteiger partial charge in [0.05, 0.1) is 0 Å². The van der Waals surface area contributed by atoms with Gasteiger partial charge in [0.2, 0.25) is 0 Å². The Labute approximate surface area is 99.8 Å². The molecular weight excluding hydrogens is 216 g/mol. The second-order valence-electron chi connectivity index (χ2n) is 4.03. The molecule has 0 fully saturated rings. The third kappa shape index (κ3) is 2.07. The van der Waals surface area contributed by atoms with E-state index in [9.17, 15) is 4.79 Å². The molecule has 2 heteroatoms. The molecule has 0 aliphatic carbocycles. The van der Waals surface area contributed by atoms with Crippen LogP contribution in [0.25, 0.3) is 0 Å². The van der Waals surface area contributed by atoms with Crippen LogP contribution < -0.4 is 0 Å². The van der Waals surface area contributed by atoms with Crippen LogP contribution in [0.2, 0.25) is 0 Å². The molecule has 0 aliphatic heterocycles. The summed E-state index contributed by atoms with van der Waals surface area (Å²) in [5, 5.41) is 0. The molecular formula is C14H14OS. The summed E-state index contributed by atoms with van der Waals surface area (Å²) < 4.78 is 0. The first-order valence-electron chi connectivity index (χ1n) is 5.26. The zero-order valence-corrected chi connectivity index (χ0v) is 10.5. The predicted octanol–water partition coefficient (Wildman–Crippen LogP) is 3.90. The molecule has 0 aliphatic rings. The SMILES string of the molecule is Cc1cccc(C(=O)c2cc(C)sc2C)c1. The number of aryl methyl sites for hydroxylation is 3. The minimum atomic E-state index is 0.130. The fourth-order valence-electron chi connectivity index (χ4n) is 1.80. The molecule has 1 heterocycles. The first-order chi connectivity index (χ1) is 7.58. The van der Waals surface area contributed by atoms with Gasteiger partial charge < -0.3 is 0 Å². The number of carbonyl (C=O) groups is 1. The molecule has 0 saturated heterocycles. The first kappa shape index (κ1) is 11.1. The van der Waals surface area contributed by atoms with Crippen molar-refractivity contribution >= 4 is 17.1 Å². The Morgan fingerprint density at radius 1 is 1.12 bits per heavy atom. The van der Waals surface area contributed by atoms with Crippen molar-refractivity contribution in [2.45, 2.75) is 20.8 Å². The van der Waals surface area contributed by atoms with E-state index >= 15 is 0 Å². The van der Waals surface area contributed by atoms with E-state index in [0.717, 1.165) is 21.6 Å². The standard InChI is InChI=1S/C14H14OS/c1-9-5-4-6-12(7-9)14(15)13-8-10(2)16-11(13)3/h4-8H,1-3H3. The Morgan fingerprint density at radius 2 is 1.88 bits per heavy atom. The molecule has 82 valence electrons. The highest BCUT2D eigenvalue weighted by Gasteiger charge is 2.13. The molecule has 0 atom stereocenters. The average molecular weight is 230 g/mol. The van der Waals surface area contributed by atoms with Crippen LogP contribution in [0, 0.1) is 20.8 Å². The third-order valence-corrected chi connectivity index (χ3v) is 3.53. The number of thiophene rings is 1. The van der Waals surface area contributed by atoms with Gasteiger partial charge in [-0.2, -0.15) is 0 Å². The number of carbonyl (C=O) groups excluding carboxylic acids is 1. The molecule has 0 spiro atoms. The van der Waals surface area contributed by atoms with Crippen LogP contribution in [0.4, 0.5) is 0 Å². The normalized spacial score (nSPS) is 10.4. The summed E-state index contributed by atoms with van der Waals surface area (Å²) in [6, 6.07) is 9.72. The van der Waals surface area contributed by atoms with E-state index in [0.29, 0.717) is 0 Å². The highest BCUT2D eigenvalue weighted by molar-refractivity contribution is 7.12. The molecule has 2 aromatic rings. The van der Waals surface area contributed by atoms with Gasteiger partial charge in [0.25, 0.3) is 0 Å². The van der Waals surface area contributed by atoms with E-state index < -0.39 is 0 Å². The lowest BCUT2D eigenvalue weighted by Gasteiger charge is -2.01. The van der Waals surface area contributed by atoms with Crippen LogP contribution in [-0.4, -0.2) is 5.78 Å². The van der Waals surface area contributed by atoms with Crippen molar-refractivity contribution in [2.24, 2.45) is 0 Å². The molecule has 0 unspecified atom stereocenters. The summed E-state index contributed by atoms with van der Waals surface area (Å²) in [4.78, 5) is 14.5. The minimum Gasteiger partial charge on any atom is -0.289 e. The van der Waals surface area contributed by atoms with Gasteiger partial charge in [0.15, 0.2) is 5.78 Å². The van der Waals surface area contributed by atoms with Crippen LogP contribution in [0.15, 0.2) is 30.3 Å². The van der Waals surface area contributed by atoms with Crippen LogP contribution in [-0.2, 0) is 0 Å². The Kier molecular flexibility index (Phi) is 2.92. The number of benzene rings is 1. The maximum absolute atomic E-state index is 12.2. The number of ketones is 1. The lowest BCUT2D eigenvalue weighted by atomic mass is 10.0. The van der Waals surface area contributed by atoms with E-state index in [1.54, 1.807) is 11.3 Å². The minimum absolute atomic E-state index is 0.130. The van der Waals surface area contributed by atoms with Crippen molar-refractivity contribution in [1.29, 1.82) is 0 Å². The van der Waals surface area contributed by atoms with E-state index in [-0.39, 0.29) is 5.78 Å². The van der Waals surface area contributed by atoms with E-state index in [1.165, 1.54) is 4.88 Å². The largest absolute Gasteiger partial charge is 0.289 e. The van der Waals surface area contributed by atoms with Crippen molar-refractivity contribution in [1.82, 2.24) is 0 Å². The molecule has 16 heavy (non-hydrogen) atoms. The molecule has 0 saturated carbocycles. The summed E-state index contributed by atoms with van der Waals surface area (Å²) in [7, 11) is 0. The Bertz CT molecular complexity index is 537. The fraction of sp³-hybridized carbons (Fsp3) is 0.214. The van der Waals surface area contributed by atoms with Gasteiger partial charge in [-0.3, -0.25) is 4.79 Å². The molecule has 0 bridgehead atoms. The van der Waals surface area contributed by atoms with Crippen molar-refractivity contribution in [2.75, 3.05) is 0 Å². The second-order valence-corrected chi connectivity index (χ2v) is 5.49. The van der Waals surface area contributed by atoms with Crippen LogP contribution in [0.3, 0.4) is 0 Å². The van der Waals surface area contributed by atoms with Crippen molar-refractivity contribution in [3.8, 4) is 0 Å². The Morgan fingerprint density at radius 3 is 2.44 bits per heavy atom. The quantitative estimate of drug-likeness (QED) is 0.715. The van der Waals surface area contributed by atoms with Gasteiger partial charge in [-0.05, 0) is 32.9 Å². The molecule has 2 rings (SSSR count). The molecule has 0 amide bonds. The Balaban J connectivity index is 2.43. The average Bonchev–Trinajstić information content (AvgIpc) is 2.57. The molecule has 0 radical (unpaired) electrons. The third-order valence-electron chi connectivity index (χ3n) is 2.57. The van der Waals surface area contributed by atoms with Gasteiger partial charge >= 0.3 is 0 Å². The van der Waals surface area contributed by atoms with E-state index in [2.05, 4.69) is 0 Å². The van der Waals surface area contributed by atoms with Crippen molar-refractivity contribution in [3.63, 3.8) is 0 Å². The van der Waals surface area contributed by atoms with Crippen molar-refractivity contribution in [3.05, 3.63) is 56.8 Å². The van der Waals surface area contributed by atoms with Crippen molar-refractivity contribution < 1.29 is 4.79 Å². The highest BCUT2D eigenvalue weighted by Crippen LogP contribution is 2.23. The smallest absolute Gasteiger partial charge is 0.194 e. The number of rotatable bonds is 2. The molecule has 1 aromatic carbocycles. The lowest BCUT2D eigenvalue weighted by molar-refractivity contribution is 0.103. The van der Waals surface area contributed by atoms with E-state index in [4.69, 9.17) is 0 Å². The van der Waals surface area contributed by atoms with E-state index in [1.807, 2.05) is 51.1 Å². The topological polar surface area (TPSA) is 17.1 Å². The van der Waals surface area contributed by atoms with Crippen LogP contribution in [0.1, 0.15) is 31.2 Å². The molecule has 0 N–H and O–H groups in total. The lowest BCUT2D eigenvalue weighted by Crippen LogP contribution is -2.01.